The number of hydrogen-bond donors (Lipinski definition) is 1. The van der Waals surface area contributed by atoms with Crippen molar-refractivity contribution in [1.82, 2.24) is 0 Å². The summed E-state index contributed by atoms with van der Waals surface area (Å²) in [7, 11) is 0. The molecule has 4 aliphatic carbocycles. The van der Waals surface area contributed by atoms with Crippen LogP contribution in [0.3, 0.4) is 0 Å². The Balaban J connectivity index is 1.64. The standard InChI is InChI=1S/C23H28O5/c1-13(24)28-12-20(27)18-7-6-17-16-5-4-14-10-15(25)8-9-22(14,2)21(16)19(26)11-23(17,18)3/h4,7-9,16-17,19,21,26H,5-6,10-12H2,1-3H3/t16?,17?,19-,21?,22-,23-/m0/s1. The van der Waals surface area contributed by atoms with Crippen molar-refractivity contribution < 1.29 is 24.2 Å². The smallest absolute Gasteiger partial charge is 0.303 e. The van der Waals surface area contributed by atoms with Gasteiger partial charge in [-0.2, -0.15) is 0 Å². The molecule has 28 heavy (non-hydrogen) atoms. The zero-order valence-electron chi connectivity index (χ0n) is 16.7. The normalized spacial score (nSPS) is 41.4. The van der Waals surface area contributed by atoms with Crippen molar-refractivity contribution >= 4 is 17.5 Å². The number of hydrogen-bond acceptors (Lipinski definition) is 5. The number of ketones is 2. The molecule has 4 aliphatic rings. The molecular weight excluding hydrogens is 356 g/mol. The average molecular weight is 384 g/mol. The lowest BCUT2D eigenvalue weighted by atomic mass is 9.47. The molecule has 0 saturated heterocycles. The number of esters is 1. The van der Waals surface area contributed by atoms with Crippen LogP contribution in [0.15, 0.2) is 35.5 Å². The summed E-state index contributed by atoms with van der Waals surface area (Å²) in [6.07, 6.45) is 9.87. The van der Waals surface area contributed by atoms with Crippen LogP contribution in [0.5, 0.6) is 0 Å². The van der Waals surface area contributed by atoms with E-state index in [1.54, 1.807) is 6.08 Å². The molecule has 0 radical (unpaired) electrons. The summed E-state index contributed by atoms with van der Waals surface area (Å²) in [4.78, 5) is 35.7. The van der Waals surface area contributed by atoms with E-state index in [4.69, 9.17) is 4.74 Å². The molecular formula is C23H28O5. The SMILES string of the molecule is CC(=O)OCC(=O)C1=CCC2C3CC=C4CC(=O)C=C[C@]4(C)C3[C@@H](O)C[C@]12C. The Kier molecular flexibility index (Phi) is 4.49. The van der Waals surface area contributed by atoms with E-state index >= 15 is 0 Å². The minimum absolute atomic E-state index is 0.0475. The summed E-state index contributed by atoms with van der Waals surface area (Å²) >= 11 is 0. The molecule has 5 nitrogen and oxygen atoms in total. The second-order valence-electron chi connectivity index (χ2n) is 9.27. The predicted octanol–water partition coefficient (Wildman–Crippen LogP) is 2.93. The van der Waals surface area contributed by atoms with Crippen LogP contribution in [0.1, 0.15) is 46.5 Å². The molecule has 0 aromatic carbocycles. The van der Waals surface area contributed by atoms with Gasteiger partial charge in [-0.25, -0.2) is 0 Å². The maximum absolute atomic E-state index is 12.7. The Labute approximate surface area is 165 Å². The Morgan fingerprint density at radius 2 is 2.00 bits per heavy atom. The Morgan fingerprint density at radius 1 is 1.25 bits per heavy atom. The van der Waals surface area contributed by atoms with Gasteiger partial charge in [-0.3, -0.25) is 14.4 Å². The van der Waals surface area contributed by atoms with Crippen LogP contribution in [0.25, 0.3) is 0 Å². The Bertz CT molecular complexity index is 834. The highest BCUT2D eigenvalue weighted by molar-refractivity contribution is 5.99. The third kappa shape index (κ3) is 2.74. The van der Waals surface area contributed by atoms with Gasteiger partial charge in [0.1, 0.15) is 0 Å². The highest BCUT2D eigenvalue weighted by Gasteiger charge is 2.60. The van der Waals surface area contributed by atoms with Gasteiger partial charge in [0.15, 0.2) is 18.2 Å². The van der Waals surface area contributed by atoms with E-state index in [2.05, 4.69) is 19.9 Å². The van der Waals surface area contributed by atoms with E-state index in [0.29, 0.717) is 18.4 Å². The minimum Gasteiger partial charge on any atom is -0.457 e. The molecule has 0 heterocycles. The highest BCUT2D eigenvalue weighted by atomic mass is 16.5. The topological polar surface area (TPSA) is 80.7 Å². The van der Waals surface area contributed by atoms with Gasteiger partial charge >= 0.3 is 5.97 Å². The number of rotatable bonds is 3. The van der Waals surface area contributed by atoms with Gasteiger partial charge in [-0.05, 0) is 37.2 Å². The van der Waals surface area contributed by atoms with Crippen molar-refractivity contribution in [3.63, 3.8) is 0 Å². The number of aliphatic hydroxyl groups is 1. The predicted molar refractivity (Wildman–Crippen MR) is 103 cm³/mol. The summed E-state index contributed by atoms with van der Waals surface area (Å²) in [5, 5.41) is 11.2. The van der Waals surface area contributed by atoms with E-state index in [-0.39, 0.29) is 41.3 Å². The second kappa shape index (κ2) is 6.51. The van der Waals surface area contributed by atoms with Crippen LogP contribution < -0.4 is 0 Å². The number of Topliss-reactive ketones (excluding diaryl/α,β-unsaturated/α-hetero) is 1. The quantitative estimate of drug-likeness (QED) is 0.598. The van der Waals surface area contributed by atoms with E-state index in [0.717, 1.165) is 18.4 Å². The third-order valence-corrected chi connectivity index (χ3v) is 7.74. The number of carbonyl (C=O) groups is 3. The number of ether oxygens (including phenoxy) is 1. The highest BCUT2D eigenvalue weighted by Crippen LogP contribution is 2.63. The Morgan fingerprint density at radius 3 is 2.71 bits per heavy atom. The summed E-state index contributed by atoms with van der Waals surface area (Å²) < 4.78 is 4.93. The summed E-state index contributed by atoms with van der Waals surface area (Å²) in [5.41, 5.74) is 1.11. The maximum atomic E-state index is 12.7. The molecule has 0 aliphatic heterocycles. The van der Waals surface area contributed by atoms with Crippen molar-refractivity contribution in [3.8, 4) is 0 Å². The molecule has 0 aromatic rings. The molecule has 0 amide bonds. The van der Waals surface area contributed by atoms with E-state index in [9.17, 15) is 19.5 Å². The lowest BCUT2D eigenvalue weighted by molar-refractivity contribution is -0.145. The van der Waals surface area contributed by atoms with E-state index < -0.39 is 17.5 Å². The minimum atomic E-state index is -0.555. The average Bonchev–Trinajstić information content (AvgIpc) is 2.96. The lowest BCUT2D eigenvalue weighted by Crippen LogP contribution is -2.55. The van der Waals surface area contributed by atoms with Gasteiger partial charge in [-0.15, -0.1) is 0 Å². The Hall–Kier alpha value is -2.01. The zero-order chi connectivity index (χ0) is 20.3. The van der Waals surface area contributed by atoms with Crippen LogP contribution in [0, 0.1) is 28.6 Å². The largest absolute Gasteiger partial charge is 0.457 e. The summed E-state index contributed by atoms with van der Waals surface area (Å²) in [6.45, 7) is 5.27. The van der Waals surface area contributed by atoms with Gasteiger partial charge < -0.3 is 9.84 Å². The van der Waals surface area contributed by atoms with Crippen molar-refractivity contribution in [1.29, 1.82) is 0 Å². The maximum Gasteiger partial charge on any atom is 0.303 e. The molecule has 1 N–H and O–H groups in total. The number of allylic oxidation sites excluding steroid dienone is 5. The third-order valence-electron chi connectivity index (χ3n) is 7.74. The molecule has 0 spiro atoms. The van der Waals surface area contributed by atoms with Gasteiger partial charge in [0.05, 0.1) is 6.10 Å². The first-order valence-corrected chi connectivity index (χ1v) is 10.1. The number of aliphatic hydroxyl groups excluding tert-OH is 1. The first kappa shape index (κ1) is 19.3. The van der Waals surface area contributed by atoms with Gasteiger partial charge in [-0.1, -0.05) is 37.6 Å². The molecule has 4 rings (SSSR count). The van der Waals surface area contributed by atoms with Crippen molar-refractivity contribution in [2.24, 2.45) is 28.6 Å². The summed E-state index contributed by atoms with van der Waals surface area (Å²) in [5.74, 6) is 0.0547. The molecule has 6 atom stereocenters. The number of carbonyl (C=O) groups excluding carboxylic acids is 3. The lowest BCUT2D eigenvalue weighted by Gasteiger charge is -2.57. The van der Waals surface area contributed by atoms with Crippen molar-refractivity contribution in [2.75, 3.05) is 6.61 Å². The molecule has 150 valence electrons. The second-order valence-corrected chi connectivity index (χ2v) is 9.27. The van der Waals surface area contributed by atoms with Crippen LogP contribution in [-0.2, 0) is 19.1 Å². The fourth-order valence-electron chi connectivity index (χ4n) is 6.48. The first-order chi connectivity index (χ1) is 13.2. The number of fused-ring (bicyclic) bond motifs is 5. The molecule has 3 unspecified atom stereocenters. The molecule has 1 saturated carbocycles. The molecule has 0 bridgehead atoms. The monoisotopic (exact) mass is 384 g/mol. The van der Waals surface area contributed by atoms with Crippen LogP contribution in [0.4, 0.5) is 0 Å². The van der Waals surface area contributed by atoms with E-state index in [1.807, 2.05) is 12.2 Å². The van der Waals surface area contributed by atoms with Crippen LogP contribution in [0.2, 0.25) is 0 Å². The molecule has 0 aromatic heterocycles. The fraction of sp³-hybridized carbons (Fsp3) is 0.609. The first-order valence-electron chi connectivity index (χ1n) is 10.1. The van der Waals surface area contributed by atoms with Crippen molar-refractivity contribution in [2.45, 2.75) is 52.6 Å². The van der Waals surface area contributed by atoms with Crippen LogP contribution in [-0.4, -0.2) is 35.4 Å². The van der Waals surface area contributed by atoms with Gasteiger partial charge in [0, 0.05) is 35.7 Å². The van der Waals surface area contributed by atoms with Crippen LogP contribution >= 0.6 is 0 Å². The molecule has 1 fully saturated rings. The van der Waals surface area contributed by atoms with Gasteiger partial charge in [0.2, 0.25) is 0 Å². The fourth-order valence-corrected chi connectivity index (χ4v) is 6.48. The molecule has 5 heteroatoms. The van der Waals surface area contributed by atoms with Crippen molar-refractivity contribution in [3.05, 3.63) is 35.5 Å². The zero-order valence-corrected chi connectivity index (χ0v) is 16.7. The summed E-state index contributed by atoms with van der Waals surface area (Å²) in [6, 6.07) is 0. The van der Waals surface area contributed by atoms with E-state index in [1.165, 1.54) is 6.92 Å². The van der Waals surface area contributed by atoms with Gasteiger partial charge in [0.25, 0.3) is 0 Å².